The number of thioether (sulfide) groups is 1. The van der Waals surface area contributed by atoms with Gasteiger partial charge in [0.2, 0.25) is 0 Å². The second-order valence-electron chi connectivity index (χ2n) is 6.50. The number of hydrogen-bond donors (Lipinski definition) is 0. The maximum Gasteiger partial charge on any atom is 0.416 e. The molecule has 0 saturated carbocycles. The van der Waals surface area contributed by atoms with Crippen molar-refractivity contribution in [2.75, 3.05) is 16.6 Å². The van der Waals surface area contributed by atoms with Gasteiger partial charge in [-0.05, 0) is 42.5 Å². The highest BCUT2D eigenvalue weighted by Gasteiger charge is 2.33. The van der Waals surface area contributed by atoms with E-state index in [2.05, 4.69) is 10.1 Å². The lowest BCUT2D eigenvalue weighted by Gasteiger charge is -2.30. The first-order valence-corrected chi connectivity index (χ1v) is 11.4. The highest BCUT2D eigenvalue weighted by atomic mass is 32.2. The number of sulfonamides is 1. The minimum Gasteiger partial charge on any atom is -0.334 e. The predicted molar refractivity (Wildman–Crippen MR) is 106 cm³/mol. The van der Waals surface area contributed by atoms with E-state index >= 15 is 0 Å². The summed E-state index contributed by atoms with van der Waals surface area (Å²) in [4.78, 5) is 4.81. The molecule has 1 aliphatic rings. The molecular weight excluding hydrogens is 439 g/mol. The van der Waals surface area contributed by atoms with Crippen LogP contribution >= 0.6 is 11.8 Å². The number of benzene rings is 2. The Balaban J connectivity index is 1.73. The van der Waals surface area contributed by atoms with Crippen LogP contribution in [0.25, 0.3) is 11.5 Å². The van der Waals surface area contributed by atoms with Crippen molar-refractivity contribution in [3.8, 4) is 11.5 Å². The fourth-order valence-corrected chi connectivity index (χ4v) is 5.66. The molecule has 4 rings (SSSR count). The molecule has 1 aromatic heterocycles. The molecule has 0 saturated heterocycles. The molecule has 0 bridgehead atoms. The van der Waals surface area contributed by atoms with E-state index in [9.17, 15) is 21.6 Å². The Morgan fingerprint density at radius 2 is 1.90 bits per heavy atom. The third kappa shape index (κ3) is 3.79. The summed E-state index contributed by atoms with van der Waals surface area (Å²) in [5.74, 6) is 1.33. The first kappa shape index (κ1) is 20.7. The molecule has 30 heavy (non-hydrogen) atoms. The molecule has 11 heteroatoms. The molecule has 0 fully saturated rings. The number of fused-ring (bicyclic) bond motifs is 1. The molecule has 0 unspecified atom stereocenters. The van der Waals surface area contributed by atoms with Gasteiger partial charge in [0.15, 0.2) is 5.82 Å². The molecule has 0 atom stereocenters. The summed E-state index contributed by atoms with van der Waals surface area (Å²) in [5, 5.41) is 3.85. The van der Waals surface area contributed by atoms with E-state index < -0.39 is 21.8 Å². The average molecular weight is 455 g/mol. The van der Waals surface area contributed by atoms with E-state index in [4.69, 9.17) is 4.52 Å². The van der Waals surface area contributed by atoms with Crippen molar-refractivity contribution in [3.63, 3.8) is 0 Å². The van der Waals surface area contributed by atoms with Gasteiger partial charge >= 0.3 is 6.18 Å². The maximum atomic E-state index is 13.2. The molecule has 0 radical (unpaired) electrons. The molecule has 0 N–H and O–H groups in total. The average Bonchev–Trinajstić information content (AvgIpc) is 3.21. The zero-order valence-corrected chi connectivity index (χ0v) is 17.3. The quantitative estimate of drug-likeness (QED) is 0.572. The Kier molecular flexibility index (Phi) is 5.27. The van der Waals surface area contributed by atoms with Gasteiger partial charge in [-0.1, -0.05) is 12.1 Å². The number of rotatable bonds is 4. The standard InChI is InChI=1S/C19H16F3N3O3S2/c1-2-17-23-18(28-24-17)12-3-8-16-15(11-12)25(9-10-29-16)30(26,27)14-6-4-13(5-7-14)19(20,21)22/h3-8,11H,2,9-10H2,1H3. The highest BCUT2D eigenvalue weighted by Crippen LogP contribution is 2.40. The minimum atomic E-state index is -4.53. The molecule has 0 spiro atoms. The van der Waals surface area contributed by atoms with Gasteiger partial charge in [0.25, 0.3) is 15.9 Å². The van der Waals surface area contributed by atoms with Crippen molar-refractivity contribution in [3.05, 3.63) is 53.9 Å². The number of aromatic nitrogens is 2. The van der Waals surface area contributed by atoms with Gasteiger partial charge in [0.05, 0.1) is 16.1 Å². The van der Waals surface area contributed by atoms with Crippen LogP contribution in [0.15, 0.2) is 56.8 Å². The summed E-state index contributed by atoms with van der Waals surface area (Å²) >= 11 is 1.50. The van der Waals surface area contributed by atoms with Crippen LogP contribution in [0, 0.1) is 0 Å². The number of alkyl halides is 3. The van der Waals surface area contributed by atoms with Crippen molar-refractivity contribution in [1.29, 1.82) is 0 Å². The fraction of sp³-hybridized carbons (Fsp3) is 0.263. The topological polar surface area (TPSA) is 76.3 Å². The SMILES string of the molecule is CCc1noc(-c2ccc3c(c2)N(S(=O)(=O)c2ccc(C(F)(F)F)cc2)CCS3)n1. The van der Waals surface area contributed by atoms with E-state index in [-0.39, 0.29) is 17.3 Å². The van der Waals surface area contributed by atoms with Gasteiger partial charge in [0, 0.05) is 29.2 Å². The van der Waals surface area contributed by atoms with E-state index in [0.717, 1.165) is 29.2 Å². The van der Waals surface area contributed by atoms with Crippen LogP contribution in [0.3, 0.4) is 0 Å². The predicted octanol–water partition coefficient (Wildman–Crippen LogP) is 4.62. The molecule has 2 heterocycles. The molecule has 3 aromatic rings. The summed E-state index contributed by atoms with van der Waals surface area (Å²) < 4.78 is 71.3. The van der Waals surface area contributed by atoms with Crippen molar-refractivity contribution in [1.82, 2.24) is 10.1 Å². The number of aryl methyl sites for hydroxylation is 1. The fourth-order valence-electron chi connectivity index (χ4n) is 3.03. The Labute approximate surface area is 175 Å². The van der Waals surface area contributed by atoms with Gasteiger partial charge in [-0.2, -0.15) is 18.2 Å². The summed E-state index contributed by atoms with van der Waals surface area (Å²) in [6.07, 6.45) is -3.94. The number of nitrogens with zero attached hydrogens (tertiary/aromatic N) is 3. The van der Waals surface area contributed by atoms with Gasteiger partial charge in [-0.15, -0.1) is 11.8 Å². The maximum absolute atomic E-state index is 13.2. The minimum absolute atomic E-state index is 0.189. The van der Waals surface area contributed by atoms with E-state index in [1.807, 2.05) is 6.92 Å². The number of anilines is 1. The molecule has 1 aliphatic heterocycles. The first-order chi connectivity index (χ1) is 14.2. The third-order valence-electron chi connectivity index (χ3n) is 4.58. The first-order valence-electron chi connectivity index (χ1n) is 9.00. The molecule has 2 aromatic carbocycles. The zero-order chi connectivity index (χ0) is 21.5. The highest BCUT2D eigenvalue weighted by molar-refractivity contribution is 8.00. The number of hydrogen-bond acceptors (Lipinski definition) is 6. The van der Waals surface area contributed by atoms with Crippen LogP contribution in [-0.4, -0.2) is 30.9 Å². The lowest BCUT2D eigenvalue weighted by molar-refractivity contribution is -0.137. The Hall–Kier alpha value is -2.53. The van der Waals surface area contributed by atoms with Gasteiger partial charge in [-0.25, -0.2) is 8.42 Å². The monoisotopic (exact) mass is 455 g/mol. The third-order valence-corrected chi connectivity index (χ3v) is 7.45. The normalized spacial score (nSPS) is 14.6. The summed E-state index contributed by atoms with van der Waals surface area (Å²) in [5.41, 5.74) is 0.0948. The lowest BCUT2D eigenvalue weighted by atomic mass is 10.2. The van der Waals surface area contributed by atoms with Crippen molar-refractivity contribution >= 4 is 27.5 Å². The van der Waals surface area contributed by atoms with Crippen molar-refractivity contribution in [2.45, 2.75) is 29.3 Å². The van der Waals surface area contributed by atoms with Gasteiger partial charge in [0.1, 0.15) is 0 Å². The second kappa shape index (κ2) is 7.62. The van der Waals surface area contributed by atoms with Crippen LogP contribution < -0.4 is 4.31 Å². The summed E-state index contributed by atoms with van der Waals surface area (Å²) in [6.45, 7) is 2.07. The van der Waals surface area contributed by atoms with E-state index in [1.54, 1.807) is 18.2 Å². The Morgan fingerprint density at radius 1 is 1.17 bits per heavy atom. The lowest BCUT2D eigenvalue weighted by Crippen LogP contribution is -2.35. The molecule has 0 aliphatic carbocycles. The Bertz CT molecular complexity index is 1180. The van der Waals surface area contributed by atoms with Gasteiger partial charge in [-0.3, -0.25) is 4.31 Å². The van der Waals surface area contributed by atoms with Crippen LogP contribution in [0.4, 0.5) is 18.9 Å². The van der Waals surface area contributed by atoms with Crippen molar-refractivity contribution < 1.29 is 26.1 Å². The second-order valence-corrected chi connectivity index (χ2v) is 9.50. The summed E-state index contributed by atoms with van der Waals surface area (Å²) in [7, 11) is -4.05. The van der Waals surface area contributed by atoms with Gasteiger partial charge < -0.3 is 4.52 Å². The Morgan fingerprint density at radius 3 is 2.53 bits per heavy atom. The van der Waals surface area contributed by atoms with Crippen LogP contribution in [0.1, 0.15) is 18.3 Å². The van der Waals surface area contributed by atoms with E-state index in [0.29, 0.717) is 29.2 Å². The smallest absolute Gasteiger partial charge is 0.334 e. The zero-order valence-electron chi connectivity index (χ0n) is 15.7. The molecule has 158 valence electrons. The summed E-state index contributed by atoms with van der Waals surface area (Å²) in [6, 6.07) is 8.70. The largest absolute Gasteiger partial charge is 0.416 e. The van der Waals surface area contributed by atoms with Crippen LogP contribution in [-0.2, 0) is 22.6 Å². The number of halogens is 3. The molecular formula is C19H16F3N3O3S2. The molecule has 6 nitrogen and oxygen atoms in total. The van der Waals surface area contributed by atoms with Crippen molar-refractivity contribution in [2.24, 2.45) is 0 Å². The molecule has 0 amide bonds. The van der Waals surface area contributed by atoms with Crippen LogP contribution in [0.2, 0.25) is 0 Å². The van der Waals surface area contributed by atoms with E-state index in [1.165, 1.54) is 16.1 Å². The van der Waals surface area contributed by atoms with Crippen LogP contribution in [0.5, 0.6) is 0 Å².